The van der Waals surface area contributed by atoms with Gasteiger partial charge in [-0.3, -0.25) is 0 Å². The molecular formula is C12H20N2O4. The summed E-state index contributed by atoms with van der Waals surface area (Å²) in [5, 5.41) is 15.6. The molecule has 1 aromatic rings. The van der Waals surface area contributed by atoms with Crippen LogP contribution in [0.15, 0.2) is 4.52 Å². The van der Waals surface area contributed by atoms with Gasteiger partial charge in [-0.2, -0.15) is 0 Å². The van der Waals surface area contributed by atoms with Gasteiger partial charge in [0.05, 0.1) is 12.3 Å². The standard InChI is InChI=1S/C12H20N2O4/c1-8-9(7-15)10(14-18-8)5-6-13-11(16)17-12(2,3)4/h15H,5-7H2,1-4H3,(H,13,16). The maximum Gasteiger partial charge on any atom is 0.407 e. The van der Waals surface area contributed by atoms with Crippen molar-refractivity contribution in [1.82, 2.24) is 10.5 Å². The SMILES string of the molecule is Cc1onc(CCNC(=O)OC(C)(C)C)c1CO. The molecule has 2 N–H and O–H groups in total. The molecule has 6 nitrogen and oxygen atoms in total. The fraction of sp³-hybridized carbons (Fsp3) is 0.667. The molecule has 0 fully saturated rings. The Morgan fingerprint density at radius 1 is 1.50 bits per heavy atom. The monoisotopic (exact) mass is 256 g/mol. The van der Waals surface area contributed by atoms with Gasteiger partial charge >= 0.3 is 6.09 Å². The highest BCUT2D eigenvalue weighted by atomic mass is 16.6. The lowest BCUT2D eigenvalue weighted by Crippen LogP contribution is -2.33. The summed E-state index contributed by atoms with van der Waals surface area (Å²) < 4.78 is 10.1. The number of hydrogen-bond acceptors (Lipinski definition) is 5. The molecule has 0 radical (unpaired) electrons. The molecule has 0 saturated carbocycles. The molecule has 1 amide bonds. The molecule has 0 unspecified atom stereocenters. The maximum absolute atomic E-state index is 11.4. The number of carbonyl (C=O) groups is 1. The molecule has 0 spiro atoms. The lowest BCUT2D eigenvalue weighted by atomic mass is 10.1. The number of nitrogens with zero attached hydrogens (tertiary/aromatic N) is 1. The van der Waals surface area contributed by atoms with E-state index < -0.39 is 11.7 Å². The molecule has 0 aromatic carbocycles. The van der Waals surface area contributed by atoms with Crippen LogP contribution in [0.4, 0.5) is 4.79 Å². The Morgan fingerprint density at radius 3 is 2.72 bits per heavy atom. The first-order valence-corrected chi connectivity index (χ1v) is 5.85. The Balaban J connectivity index is 2.40. The van der Waals surface area contributed by atoms with Crippen LogP contribution < -0.4 is 5.32 Å². The molecule has 0 aliphatic rings. The molecule has 0 bridgehead atoms. The van der Waals surface area contributed by atoms with Crippen LogP contribution >= 0.6 is 0 Å². The number of ether oxygens (including phenoxy) is 1. The fourth-order valence-corrected chi connectivity index (χ4v) is 1.43. The summed E-state index contributed by atoms with van der Waals surface area (Å²) in [6, 6.07) is 0. The van der Waals surface area contributed by atoms with Crippen LogP contribution in [0, 0.1) is 6.92 Å². The van der Waals surface area contributed by atoms with Crippen molar-refractivity contribution in [3.63, 3.8) is 0 Å². The summed E-state index contributed by atoms with van der Waals surface area (Å²) in [6.45, 7) is 7.42. The Labute approximate surface area is 106 Å². The smallest absolute Gasteiger partial charge is 0.407 e. The van der Waals surface area contributed by atoms with E-state index in [1.54, 1.807) is 27.7 Å². The molecule has 0 atom stereocenters. The molecule has 18 heavy (non-hydrogen) atoms. The molecule has 0 aliphatic heterocycles. The lowest BCUT2D eigenvalue weighted by molar-refractivity contribution is 0.0528. The molecule has 0 aliphatic carbocycles. The van der Waals surface area contributed by atoms with Crippen molar-refractivity contribution in [2.75, 3.05) is 6.54 Å². The minimum absolute atomic E-state index is 0.114. The van der Waals surface area contributed by atoms with Gasteiger partial charge < -0.3 is 19.7 Å². The summed E-state index contributed by atoms with van der Waals surface area (Å²) >= 11 is 0. The number of amides is 1. The van der Waals surface area contributed by atoms with E-state index in [1.165, 1.54) is 0 Å². The highest BCUT2D eigenvalue weighted by Crippen LogP contribution is 2.13. The predicted octanol–water partition coefficient (Wildman–Crippen LogP) is 1.54. The third-order valence-corrected chi connectivity index (χ3v) is 2.25. The van der Waals surface area contributed by atoms with Crippen LogP contribution in [-0.4, -0.2) is 28.5 Å². The van der Waals surface area contributed by atoms with Crippen LogP contribution in [0.25, 0.3) is 0 Å². The predicted molar refractivity (Wildman–Crippen MR) is 65.1 cm³/mol. The van der Waals surface area contributed by atoms with Crippen molar-refractivity contribution in [2.45, 2.75) is 46.3 Å². The number of aryl methyl sites for hydroxylation is 1. The minimum atomic E-state index is -0.509. The third-order valence-electron chi connectivity index (χ3n) is 2.25. The number of hydrogen-bond donors (Lipinski definition) is 2. The summed E-state index contributed by atoms with van der Waals surface area (Å²) in [5.41, 5.74) is 0.831. The summed E-state index contributed by atoms with van der Waals surface area (Å²) in [7, 11) is 0. The lowest BCUT2D eigenvalue weighted by Gasteiger charge is -2.19. The van der Waals surface area contributed by atoms with Gasteiger partial charge in [0, 0.05) is 18.5 Å². The van der Waals surface area contributed by atoms with Crippen molar-refractivity contribution < 1.29 is 19.2 Å². The normalized spacial score (nSPS) is 11.4. The maximum atomic E-state index is 11.4. The highest BCUT2D eigenvalue weighted by molar-refractivity contribution is 5.67. The molecule has 1 rings (SSSR count). The number of aromatic nitrogens is 1. The fourth-order valence-electron chi connectivity index (χ4n) is 1.43. The zero-order valence-corrected chi connectivity index (χ0v) is 11.2. The van der Waals surface area contributed by atoms with Crippen LogP contribution in [0.5, 0.6) is 0 Å². The first kappa shape index (κ1) is 14.5. The second-order valence-corrected chi connectivity index (χ2v) is 5.00. The van der Waals surface area contributed by atoms with E-state index in [0.29, 0.717) is 30.0 Å². The average Bonchev–Trinajstić information content (AvgIpc) is 2.56. The number of carbonyl (C=O) groups excluding carboxylic acids is 1. The molecule has 6 heteroatoms. The summed E-state index contributed by atoms with van der Waals surface area (Å²) in [5.74, 6) is 0.602. The van der Waals surface area contributed by atoms with E-state index in [4.69, 9.17) is 14.4 Å². The topological polar surface area (TPSA) is 84.6 Å². The van der Waals surface area contributed by atoms with E-state index in [0.717, 1.165) is 0 Å². The first-order valence-electron chi connectivity index (χ1n) is 5.85. The quantitative estimate of drug-likeness (QED) is 0.853. The molecule has 1 aromatic heterocycles. The zero-order chi connectivity index (χ0) is 13.8. The zero-order valence-electron chi connectivity index (χ0n) is 11.2. The van der Waals surface area contributed by atoms with Crippen LogP contribution in [0.1, 0.15) is 37.8 Å². The molecular weight excluding hydrogens is 236 g/mol. The number of alkyl carbamates (subject to hydrolysis) is 1. The summed E-state index contributed by atoms with van der Waals surface area (Å²) in [4.78, 5) is 11.4. The Bertz CT molecular complexity index is 407. The van der Waals surface area contributed by atoms with Crippen LogP contribution in [0.2, 0.25) is 0 Å². The van der Waals surface area contributed by atoms with Gasteiger partial charge in [0.25, 0.3) is 0 Å². The van der Waals surface area contributed by atoms with Crippen molar-refractivity contribution >= 4 is 6.09 Å². The van der Waals surface area contributed by atoms with Gasteiger partial charge in [-0.1, -0.05) is 5.16 Å². The van der Waals surface area contributed by atoms with E-state index in [2.05, 4.69) is 10.5 Å². The second kappa shape index (κ2) is 5.86. The number of aliphatic hydroxyl groups is 1. The third kappa shape index (κ3) is 4.37. The van der Waals surface area contributed by atoms with Gasteiger partial charge in [-0.25, -0.2) is 4.79 Å². The van der Waals surface area contributed by atoms with Crippen molar-refractivity contribution in [2.24, 2.45) is 0 Å². The number of rotatable bonds is 4. The van der Waals surface area contributed by atoms with Gasteiger partial charge in [0.2, 0.25) is 0 Å². The highest BCUT2D eigenvalue weighted by Gasteiger charge is 2.16. The Morgan fingerprint density at radius 2 is 2.17 bits per heavy atom. The minimum Gasteiger partial charge on any atom is -0.444 e. The number of nitrogens with one attached hydrogen (secondary N) is 1. The van der Waals surface area contributed by atoms with Crippen LogP contribution in [-0.2, 0) is 17.8 Å². The Kier molecular flexibility index (Phi) is 4.72. The Hall–Kier alpha value is -1.56. The first-order chi connectivity index (χ1) is 8.33. The average molecular weight is 256 g/mol. The number of aliphatic hydroxyl groups excluding tert-OH is 1. The second-order valence-electron chi connectivity index (χ2n) is 5.00. The van der Waals surface area contributed by atoms with Gasteiger partial charge in [-0.05, 0) is 27.7 Å². The molecule has 0 saturated heterocycles. The summed E-state index contributed by atoms with van der Waals surface area (Å²) in [6.07, 6.45) is 0.0280. The van der Waals surface area contributed by atoms with Gasteiger partial charge in [-0.15, -0.1) is 0 Å². The van der Waals surface area contributed by atoms with E-state index in [-0.39, 0.29) is 6.61 Å². The van der Waals surface area contributed by atoms with E-state index in [9.17, 15) is 4.79 Å². The molecule has 1 heterocycles. The van der Waals surface area contributed by atoms with Crippen molar-refractivity contribution in [1.29, 1.82) is 0 Å². The van der Waals surface area contributed by atoms with Gasteiger partial charge in [0.15, 0.2) is 0 Å². The van der Waals surface area contributed by atoms with Crippen LogP contribution in [0.3, 0.4) is 0 Å². The van der Waals surface area contributed by atoms with E-state index in [1.807, 2.05) is 0 Å². The largest absolute Gasteiger partial charge is 0.444 e. The van der Waals surface area contributed by atoms with Crippen molar-refractivity contribution in [3.8, 4) is 0 Å². The molecule has 102 valence electrons. The van der Waals surface area contributed by atoms with E-state index >= 15 is 0 Å². The van der Waals surface area contributed by atoms with Crippen molar-refractivity contribution in [3.05, 3.63) is 17.0 Å². The van der Waals surface area contributed by atoms with Gasteiger partial charge in [0.1, 0.15) is 11.4 Å².